The lowest BCUT2D eigenvalue weighted by Gasteiger charge is -2.14. The van der Waals surface area contributed by atoms with Gasteiger partial charge in [-0.05, 0) is 37.1 Å². The Kier molecular flexibility index (Phi) is 5.95. The van der Waals surface area contributed by atoms with Crippen LogP contribution in [0.1, 0.15) is 37.0 Å². The van der Waals surface area contributed by atoms with E-state index >= 15 is 0 Å². The quantitative estimate of drug-likeness (QED) is 0.702. The van der Waals surface area contributed by atoms with E-state index in [0.717, 1.165) is 12.8 Å². The number of benzene rings is 2. The summed E-state index contributed by atoms with van der Waals surface area (Å²) in [5.41, 5.74) is 1.30. The van der Waals surface area contributed by atoms with Gasteiger partial charge in [0.1, 0.15) is 5.75 Å². The first-order valence-corrected chi connectivity index (χ1v) is 8.05. The van der Waals surface area contributed by atoms with Crippen molar-refractivity contribution in [2.24, 2.45) is 5.92 Å². The molecule has 2 rings (SSSR count). The predicted molar refractivity (Wildman–Crippen MR) is 95.2 cm³/mol. The summed E-state index contributed by atoms with van der Waals surface area (Å²) in [6.45, 7) is 3.93. The van der Waals surface area contributed by atoms with Crippen LogP contribution in [0.4, 0.5) is 11.4 Å². The smallest absolute Gasteiger partial charge is 0.255 e. The molecule has 2 amide bonds. The zero-order chi connectivity index (χ0) is 17.5. The molecular weight excluding hydrogens is 304 g/mol. The van der Waals surface area contributed by atoms with Gasteiger partial charge in [-0.1, -0.05) is 32.0 Å². The van der Waals surface area contributed by atoms with Crippen molar-refractivity contribution in [2.75, 3.05) is 10.6 Å². The molecule has 0 aliphatic carbocycles. The van der Waals surface area contributed by atoms with Crippen LogP contribution in [-0.4, -0.2) is 16.9 Å². The number of phenolic OH excluding ortho intramolecular Hbond substituents is 1. The Bertz CT molecular complexity index is 710. The third-order valence-electron chi connectivity index (χ3n) is 3.91. The highest BCUT2D eigenvalue weighted by Gasteiger charge is 2.15. The van der Waals surface area contributed by atoms with Crippen molar-refractivity contribution in [1.82, 2.24) is 0 Å². The molecule has 0 aliphatic rings. The summed E-state index contributed by atoms with van der Waals surface area (Å²) in [6.07, 6.45) is 1.53. The maximum Gasteiger partial charge on any atom is 0.255 e. The van der Waals surface area contributed by atoms with Gasteiger partial charge in [0.05, 0.1) is 5.69 Å². The Balaban J connectivity index is 2.07. The van der Waals surface area contributed by atoms with Crippen LogP contribution in [-0.2, 0) is 4.79 Å². The second-order valence-corrected chi connectivity index (χ2v) is 5.55. The highest BCUT2D eigenvalue weighted by atomic mass is 16.3. The number of rotatable bonds is 6. The normalized spacial score (nSPS) is 10.5. The molecule has 0 aromatic heterocycles. The van der Waals surface area contributed by atoms with Crippen LogP contribution < -0.4 is 10.6 Å². The van der Waals surface area contributed by atoms with Crippen LogP contribution in [0.5, 0.6) is 5.75 Å². The Morgan fingerprint density at radius 1 is 1.00 bits per heavy atom. The highest BCUT2D eigenvalue weighted by Crippen LogP contribution is 2.27. The molecule has 0 atom stereocenters. The standard InChI is InChI=1S/C19H22N2O3/c1-3-13(4-2)18(23)20-15-10-11-16(17(22)12-15)21-19(24)14-8-6-5-7-9-14/h5-13,22H,3-4H2,1-2H3,(H,20,23)(H,21,24). The molecule has 3 N–H and O–H groups in total. The van der Waals surface area contributed by atoms with Crippen molar-refractivity contribution in [3.05, 3.63) is 54.1 Å². The molecule has 0 radical (unpaired) electrons. The van der Waals surface area contributed by atoms with Crippen LogP contribution in [0.25, 0.3) is 0 Å². The number of carbonyl (C=O) groups excluding carboxylic acids is 2. The third kappa shape index (κ3) is 4.35. The Hall–Kier alpha value is -2.82. The maximum atomic E-state index is 12.1. The van der Waals surface area contributed by atoms with Crippen molar-refractivity contribution in [1.29, 1.82) is 0 Å². The van der Waals surface area contributed by atoms with E-state index in [2.05, 4.69) is 10.6 Å². The number of hydrogen-bond acceptors (Lipinski definition) is 3. The first kappa shape index (κ1) is 17.5. The molecule has 126 valence electrons. The fourth-order valence-corrected chi connectivity index (χ4v) is 2.40. The summed E-state index contributed by atoms with van der Waals surface area (Å²) in [6, 6.07) is 13.4. The van der Waals surface area contributed by atoms with Crippen molar-refractivity contribution in [2.45, 2.75) is 26.7 Å². The molecule has 0 bridgehead atoms. The van der Waals surface area contributed by atoms with Crippen LogP contribution in [0, 0.1) is 5.92 Å². The lowest BCUT2D eigenvalue weighted by molar-refractivity contribution is -0.120. The maximum absolute atomic E-state index is 12.1. The van der Waals surface area contributed by atoms with Gasteiger partial charge in [0.15, 0.2) is 0 Å². The molecule has 0 saturated heterocycles. The summed E-state index contributed by atoms with van der Waals surface area (Å²) in [5.74, 6) is -0.522. The second-order valence-electron chi connectivity index (χ2n) is 5.55. The minimum atomic E-state index is -0.306. The largest absolute Gasteiger partial charge is 0.506 e. The molecule has 0 heterocycles. The van der Waals surface area contributed by atoms with E-state index in [1.807, 2.05) is 19.9 Å². The van der Waals surface area contributed by atoms with E-state index < -0.39 is 0 Å². The molecule has 5 heteroatoms. The van der Waals surface area contributed by atoms with Gasteiger partial charge in [0, 0.05) is 23.2 Å². The lowest BCUT2D eigenvalue weighted by Crippen LogP contribution is -2.21. The molecule has 24 heavy (non-hydrogen) atoms. The summed E-state index contributed by atoms with van der Waals surface area (Å²) in [5, 5.41) is 15.5. The molecule has 0 aliphatic heterocycles. The SMILES string of the molecule is CCC(CC)C(=O)Nc1ccc(NC(=O)c2ccccc2)c(O)c1. The average Bonchev–Trinajstić information content (AvgIpc) is 2.59. The van der Waals surface area contributed by atoms with E-state index in [0.29, 0.717) is 16.9 Å². The van der Waals surface area contributed by atoms with E-state index in [1.165, 1.54) is 6.07 Å². The minimum Gasteiger partial charge on any atom is -0.506 e. The number of nitrogens with one attached hydrogen (secondary N) is 2. The van der Waals surface area contributed by atoms with E-state index in [-0.39, 0.29) is 23.5 Å². The van der Waals surface area contributed by atoms with Crippen molar-refractivity contribution >= 4 is 23.2 Å². The number of anilines is 2. The Morgan fingerprint density at radius 3 is 2.25 bits per heavy atom. The number of hydrogen-bond donors (Lipinski definition) is 3. The fourth-order valence-electron chi connectivity index (χ4n) is 2.40. The van der Waals surface area contributed by atoms with Crippen LogP contribution in [0.2, 0.25) is 0 Å². The van der Waals surface area contributed by atoms with Crippen LogP contribution in [0.3, 0.4) is 0 Å². The monoisotopic (exact) mass is 326 g/mol. The van der Waals surface area contributed by atoms with Gasteiger partial charge in [-0.25, -0.2) is 0 Å². The Labute approximate surface area is 141 Å². The predicted octanol–water partition coefficient (Wildman–Crippen LogP) is 4.02. The molecule has 2 aromatic carbocycles. The van der Waals surface area contributed by atoms with Crippen molar-refractivity contribution in [3.63, 3.8) is 0 Å². The number of aromatic hydroxyl groups is 1. The average molecular weight is 326 g/mol. The number of carbonyl (C=O) groups is 2. The molecule has 0 fully saturated rings. The molecule has 0 saturated carbocycles. The zero-order valence-corrected chi connectivity index (χ0v) is 13.9. The molecule has 0 unspecified atom stereocenters. The first-order chi connectivity index (χ1) is 11.5. The van der Waals surface area contributed by atoms with E-state index in [9.17, 15) is 14.7 Å². The summed E-state index contributed by atoms with van der Waals surface area (Å²) in [7, 11) is 0. The Morgan fingerprint density at radius 2 is 1.67 bits per heavy atom. The van der Waals surface area contributed by atoms with Gasteiger partial charge in [-0.15, -0.1) is 0 Å². The second kappa shape index (κ2) is 8.15. The van der Waals surface area contributed by atoms with Gasteiger partial charge < -0.3 is 15.7 Å². The van der Waals surface area contributed by atoms with Gasteiger partial charge in [-0.2, -0.15) is 0 Å². The summed E-state index contributed by atoms with van der Waals surface area (Å²) >= 11 is 0. The van der Waals surface area contributed by atoms with Crippen LogP contribution in [0.15, 0.2) is 48.5 Å². The van der Waals surface area contributed by atoms with Gasteiger partial charge in [0.2, 0.25) is 5.91 Å². The van der Waals surface area contributed by atoms with Gasteiger partial charge >= 0.3 is 0 Å². The van der Waals surface area contributed by atoms with E-state index in [1.54, 1.807) is 36.4 Å². The van der Waals surface area contributed by atoms with Crippen molar-refractivity contribution < 1.29 is 14.7 Å². The molecule has 5 nitrogen and oxygen atoms in total. The fraction of sp³-hybridized carbons (Fsp3) is 0.263. The topological polar surface area (TPSA) is 78.4 Å². The zero-order valence-electron chi connectivity index (χ0n) is 13.9. The van der Waals surface area contributed by atoms with Gasteiger partial charge in [0.25, 0.3) is 5.91 Å². The lowest BCUT2D eigenvalue weighted by atomic mass is 10.0. The highest BCUT2D eigenvalue weighted by molar-refractivity contribution is 6.05. The van der Waals surface area contributed by atoms with E-state index in [4.69, 9.17) is 0 Å². The van der Waals surface area contributed by atoms with Crippen molar-refractivity contribution in [3.8, 4) is 5.75 Å². The minimum absolute atomic E-state index is 0.0513. The molecular formula is C19H22N2O3. The van der Waals surface area contributed by atoms with Gasteiger partial charge in [-0.3, -0.25) is 9.59 Å². The molecule has 2 aromatic rings. The molecule has 0 spiro atoms. The number of phenols is 1. The first-order valence-electron chi connectivity index (χ1n) is 8.05. The third-order valence-corrected chi connectivity index (χ3v) is 3.91. The summed E-state index contributed by atoms with van der Waals surface area (Å²) in [4.78, 5) is 24.2. The van der Waals surface area contributed by atoms with Crippen LogP contribution >= 0.6 is 0 Å². The number of amides is 2. The summed E-state index contributed by atoms with van der Waals surface area (Å²) < 4.78 is 0.